The minimum Gasteiger partial charge on any atom is -0.480 e. The summed E-state index contributed by atoms with van der Waals surface area (Å²) in [5.41, 5.74) is 3.87. The van der Waals surface area contributed by atoms with E-state index in [-0.39, 0.29) is 6.61 Å². The van der Waals surface area contributed by atoms with Crippen LogP contribution in [-0.2, 0) is 9.53 Å². The van der Waals surface area contributed by atoms with Crippen LogP contribution in [-0.4, -0.2) is 29.2 Å². The number of aryl methyl sites for hydroxylation is 1. The first-order chi connectivity index (χ1) is 11.6. The van der Waals surface area contributed by atoms with Gasteiger partial charge in [-0.05, 0) is 43.7 Å². The van der Waals surface area contributed by atoms with E-state index in [1.807, 2.05) is 31.2 Å². The molecule has 1 N–H and O–H groups in total. The van der Waals surface area contributed by atoms with Gasteiger partial charge in [-0.3, -0.25) is 0 Å². The van der Waals surface area contributed by atoms with Crippen LogP contribution < -0.4 is 4.74 Å². The van der Waals surface area contributed by atoms with Crippen LogP contribution in [0.2, 0.25) is 5.02 Å². The Hall–Kier alpha value is -2.53. The summed E-state index contributed by atoms with van der Waals surface area (Å²) in [4.78, 5) is 19.2. The quantitative estimate of drug-likeness (QED) is 0.707. The maximum atomic E-state index is 11.3. The van der Waals surface area contributed by atoms with Crippen LogP contribution in [0.1, 0.15) is 12.5 Å². The number of H-pyrrole nitrogens is 1. The second kappa shape index (κ2) is 6.93. The number of aromatic amines is 1. The largest absolute Gasteiger partial charge is 0.480 e. The van der Waals surface area contributed by atoms with Gasteiger partial charge in [-0.15, -0.1) is 0 Å². The summed E-state index contributed by atoms with van der Waals surface area (Å²) in [6, 6.07) is 11.3. The highest BCUT2D eigenvalue weighted by Gasteiger charge is 2.11. The van der Waals surface area contributed by atoms with Gasteiger partial charge in [0.25, 0.3) is 0 Å². The minimum absolute atomic E-state index is 0.170. The van der Waals surface area contributed by atoms with Crippen molar-refractivity contribution in [1.29, 1.82) is 0 Å². The summed E-state index contributed by atoms with van der Waals surface area (Å²) in [6.07, 6.45) is 0. The fourth-order valence-corrected chi connectivity index (χ4v) is 2.65. The van der Waals surface area contributed by atoms with Crippen molar-refractivity contribution in [1.82, 2.24) is 9.97 Å². The normalized spacial score (nSPS) is 10.8. The molecule has 0 unspecified atom stereocenters. The highest BCUT2D eigenvalue weighted by molar-refractivity contribution is 6.32. The van der Waals surface area contributed by atoms with Crippen LogP contribution in [0.15, 0.2) is 36.4 Å². The Morgan fingerprint density at radius 2 is 2.12 bits per heavy atom. The summed E-state index contributed by atoms with van der Waals surface area (Å²) >= 11 is 6.25. The van der Waals surface area contributed by atoms with Gasteiger partial charge in [0.1, 0.15) is 11.6 Å². The number of esters is 1. The van der Waals surface area contributed by atoms with Gasteiger partial charge in [-0.2, -0.15) is 0 Å². The first-order valence-electron chi connectivity index (χ1n) is 7.62. The molecule has 0 atom stereocenters. The van der Waals surface area contributed by atoms with Gasteiger partial charge in [0.15, 0.2) is 6.61 Å². The topological polar surface area (TPSA) is 64.2 Å². The van der Waals surface area contributed by atoms with E-state index in [9.17, 15) is 4.79 Å². The maximum Gasteiger partial charge on any atom is 0.344 e. The second-order valence-corrected chi connectivity index (χ2v) is 5.70. The van der Waals surface area contributed by atoms with Crippen LogP contribution in [0, 0.1) is 6.92 Å². The fourth-order valence-electron chi connectivity index (χ4n) is 2.42. The molecular weight excluding hydrogens is 328 g/mol. The molecule has 0 fully saturated rings. The van der Waals surface area contributed by atoms with Gasteiger partial charge < -0.3 is 14.5 Å². The molecule has 3 rings (SSSR count). The summed E-state index contributed by atoms with van der Waals surface area (Å²) in [5.74, 6) is 0.740. The van der Waals surface area contributed by atoms with Crippen molar-refractivity contribution >= 4 is 28.6 Å². The molecule has 0 spiro atoms. The standard InChI is InChI=1S/C18H17ClN2O3/c1-3-23-16(22)10-24-15-8-7-12(9-13(15)19)18-20-14-6-4-5-11(2)17(14)21-18/h4-9H,3,10H2,1-2H3,(H,20,21). The van der Waals surface area contributed by atoms with Gasteiger partial charge in [0.2, 0.25) is 0 Å². The van der Waals surface area contributed by atoms with Crippen LogP contribution in [0.5, 0.6) is 5.75 Å². The van der Waals surface area contributed by atoms with Gasteiger partial charge in [0.05, 0.1) is 22.7 Å². The number of carbonyl (C=O) groups is 1. The van der Waals surface area contributed by atoms with E-state index in [0.717, 1.165) is 28.0 Å². The SMILES string of the molecule is CCOC(=O)COc1ccc(-c2nc3c(C)cccc3[nH]2)cc1Cl. The fraction of sp³-hybridized carbons (Fsp3) is 0.222. The summed E-state index contributed by atoms with van der Waals surface area (Å²) in [6.45, 7) is 3.91. The molecule has 2 aromatic carbocycles. The molecule has 0 amide bonds. The number of carbonyl (C=O) groups excluding carboxylic acids is 1. The van der Waals surface area contributed by atoms with Crippen molar-refractivity contribution in [3.05, 3.63) is 47.0 Å². The summed E-state index contributed by atoms with van der Waals surface area (Å²) < 4.78 is 10.2. The summed E-state index contributed by atoms with van der Waals surface area (Å²) in [7, 11) is 0. The van der Waals surface area contributed by atoms with Crippen LogP contribution in [0.25, 0.3) is 22.4 Å². The number of aromatic nitrogens is 2. The molecule has 0 aliphatic heterocycles. The van der Waals surface area contributed by atoms with E-state index >= 15 is 0 Å². The number of benzene rings is 2. The number of rotatable bonds is 5. The van der Waals surface area contributed by atoms with Crippen molar-refractivity contribution in [3.63, 3.8) is 0 Å². The van der Waals surface area contributed by atoms with E-state index in [1.165, 1.54) is 0 Å². The molecule has 24 heavy (non-hydrogen) atoms. The first kappa shape index (κ1) is 16.3. The predicted molar refractivity (Wildman–Crippen MR) is 93.4 cm³/mol. The molecule has 0 aliphatic rings. The van der Waals surface area contributed by atoms with Crippen molar-refractivity contribution < 1.29 is 14.3 Å². The Morgan fingerprint density at radius 1 is 1.29 bits per heavy atom. The zero-order chi connectivity index (χ0) is 17.1. The molecule has 0 bridgehead atoms. The maximum absolute atomic E-state index is 11.3. The Labute approximate surface area is 144 Å². The van der Waals surface area contributed by atoms with Crippen molar-refractivity contribution in [2.24, 2.45) is 0 Å². The monoisotopic (exact) mass is 344 g/mol. The van der Waals surface area contributed by atoms with Gasteiger partial charge >= 0.3 is 5.97 Å². The third-order valence-corrected chi connectivity index (χ3v) is 3.87. The lowest BCUT2D eigenvalue weighted by Gasteiger charge is -2.08. The van der Waals surface area contributed by atoms with E-state index in [4.69, 9.17) is 21.1 Å². The van der Waals surface area contributed by atoms with E-state index in [1.54, 1.807) is 19.1 Å². The van der Waals surface area contributed by atoms with E-state index < -0.39 is 5.97 Å². The lowest BCUT2D eigenvalue weighted by molar-refractivity contribution is -0.145. The van der Waals surface area contributed by atoms with Crippen molar-refractivity contribution in [3.8, 4) is 17.1 Å². The molecule has 3 aromatic rings. The lowest BCUT2D eigenvalue weighted by Crippen LogP contribution is -2.14. The smallest absolute Gasteiger partial charge is 0.344 e. The predicted octanol–water partition coefficient (Wildman–Crippen LogP) is 4.13. The van der Waals surface area contributed by atoms with E-state index in [2.05, 4.69) is 9.97 Å². The van der Waals surface area contributed by atoms with Crippen LogP contribution >= 0.6 is 11.6 Å². The lowest BCUT2D eigenvalue weighted by atomic mass is 10.2. The first-order valence-corrected chi connectivity index (χ1v) is 8.00. The van der Waals surface area contributed by atoms with Gasteiger partial charge in [-0.25, -0.2) is 9.78 Å². The molecular formula is C18H17ClN2O3. The van der Waals surface area contributed by atoms with Crippen LogP contribution in [0.3, 0.4) is 0 Å². The number of nitrogens with one attached hydrogen (secondary N) is 1. The minimum atomic E-state index is -0.426. The van der Waals surface area contributed by atoms with E-state index in [0.29, 0.717) is 17.4 Å². The summed E-state index contributed by atoms with van der Waals surface area (Å²) in [5, 5.41) is 0.411. The van der Waals surface area contributed by atoms with Crippen LogP contribution in [0.4, 0.5) is 0 Å². The Kier molecular flexibility index (Phi) is 4.71. The highest BCUT2D eigenvalue weighted by atomic mass is 35.5. The van der Waals surface area contributed by atoms with Crippen molar-refractivity contribution in [2.75, 3.05) is 13.2 Å². The number of imidazole rings is 1. The molecule has 0 aliphatic carbocycles. The molecule has 1 aromatic heterocycles. The van der Waals surface area contributed by atoms with Crippen molar-refractivity contribution in [2.45, 2.75) is 13.8 Å². The Balaban J connectivity index is 1.83. The zero-order valence-electron chi connectivity index (χ0n) is 13.4. The average molecular weight is 345 g/mol. The number of hydrogen-bond acceptors (Lipinski definition) is 4. The molecule has 5 nitrogen and oxygen atoms in total. The van der Waals surface area contributed by atoms with Gasteiger partial charge in [-0.1, -0.05) is 23.7 Å². The molecule has 0 saturated carbocycles. The third-order valence-electron chi connectivity index (χ3n) is 3.57. The Morgan fingerprint density at radius 3 is 2.83 bits per heavy atom. The van der Waals surface area contributed by atoms with Gasteiger partial charge in [0, 0.05) is 5.56 Å². The molecule has 0 radical (unpaired) electrons. The molecule has 6 heteroatoms. The average Bonchev–Trinajstić information content (AvgIpc) is 2.99. The molecule has 124 valence electrons. The number of fused-ring (bicyclic) bond motifs is 1. The highest BCUT2D eigenvalue weighted by Crippen LogP contribution is 2.30. The molecule has 1 heterocycles. The Bertz CT molecular complexity index is 889. The number of para-hydroxylation sites is 1. The number of ether oxygens (including phenoxy) is 2. The number of nitrogens with zero attached hydrogens (tertiary/aromatic N) is 1. The number of hydrogen-bond donors (Lipinski definition) is 1. The molecule has 0 saturated heterocycles. The second-order valence-electron chi connectivity index (χ2n) is 5.30. The third kappa shape index (κ3) is 3.36. The zero-order valence-corrected chi connectivity index (χ0v) is 14.2. The number of halogens is 1.